The van der Waals surface area contributed by atoms with Gasteiger partial charge in [-0.2, -0.15) is 0 Å². The lowest BCUT2D eigenvalue weighted by Crippen LogP contribution is -2.53. The summed E-state index contributed by atoms with van der Waals surface area (Å²) in [4.78, 5) is 19.0. The number of ether oxygens (including phenoxy) is 1. The van der Waals surface area contributed by atoms with Crippen molar-refractivity contribution in [2.75, 3.05) is 19.7 Å². The van der Waals surface area contributed by atoms with Crippen molar-refractivity contribution < 1.29 is 9.53 Å². The number of rotatable bonds is 4. The first-order chi connectivity index (χ1) is 11.7. The van der Waals surface area contributed by atoms with E-state index in [-0.39, 0.29) is 5.78 Å². The Morgan fingerprint density at radius 2 is 2.04 bits per heavy atom. The lowest BCUT2D eigenvalue weighted by Gasteiger charge is -2.44. The van der Waals surface area contributed by atoms with Crippen molar-refractivity contribution in [3.8, 4) is 0 Å². The smallest absolute Gasteiger partial charge is 0.161 e. The van der Waals surface area contributed by atoms with Gasteiger partial charge in [0.25, 0.3) is 0 Å². The number of Topliss-reactive ketones (excluding diaryl/α,β-unsaturated/α-hetero) is 1. The molecule has 3 heterocycles. The van der Waals surface area contributed by atoms with Crippen LogP contribution in [0.4, 0.5) is 0 Å². The molecule has 1 unspecified atom stereocenters. The molecule has 3 aliphatic rings. The summed E-state index contributed by atoms with van der Waals surface area (Å²) in [5.41, 5.74) is 0.936. The van der Waals surface area contributed by atoms with E-state index in [1.165, 1.54) is 31.2 Å². The van der Waals surface area contributed by atoms with Gasteiger partial charge in [0.1, 0.15) is 5.60 Å². The molecule has 1 aliphatic carbocycles. The molecule has 130 valence electrons. The SMILES string of the molecule is CC(=O)[C@@]1(C2CC2)CCC(N2CCC(c3cccnc3)CC2)CO1. The maximum atomic E-state index is 12.1. The van der Waals surface area contributed by atoms with Gasteiger partial charge in [-0.1, -0.05) is 6.07 Å². The molecule has 24 heavy (non-hydrogen) atoms. The van der Waals surface area contributed by atoms with Crippen LogP contribution in [0, 0.1) is 5.92 Å². The molecule has 0 amide bonds. The van der Waals surface area contributed by atoms with Crippen molar-refractivity contribution in [1.82, 2.24) is 9.88 Å². The maximum absolute atomic E-state index is 12.1. The maximum Gasteiger partial charge on any atom is 0.161 e. The summed E-state index contributed by atoms with van der Waals surface area (Å²) in [6.07, 6.45) is 10.6. The Hall–Kier alpha value is -1.26. The molecule has 0 spiro atoms. The van der Waals surface area contributed by atoms with E-state index < -0.39 is 5.60 Å². The Morgan fingerprint density at radius 3 is 2.58 bits per heavy atom. The Labute approximate surface area is 144 Å². The Kier molecular flexibility index (Phi) is 4.44. The molecule has 4 nitrogen and oxygen atoms in total. The Morgan fingerprint density at radius 1 is 1.25 bits per heavy atom. The van der Waals surface area contributed by atoms with Gasteiger partial charge in [-0.25, -0.2) is 0 Å². The van der Waals surface area contributed by atoms with Gasteiger partial charge in [-0.05, 0) is 82.0 Å². The quantitative estimate of drug-likeness (QED) is 0.851. The standard InChI is InChI=1S/C20H28N2O2/c1-15(23)20(18-4-5-18)9-6-19(14-24-20)22-11-7-16(8-12-22)17-3-2-10-21-13-17/h2-3,10,13,16,18-19H,4-9,11-12,14H2,1H3/t19?,20-/m1/s1. The summed E-state index contributed by atoms with van der Waals surface area (Å²) < 4.78 is 6.23. The van der Waals surface area contributed by atoms with Crippen molar-refractivity contribution in [1.29, 1.82) is 0 Å². The highest BCUT2D eigenvalue weighted by atomic mass is 16.5. The van der Waals surface area contributed by atoms with Gasteiger partial charge in [-0.15, -0.1) is 0 Å². The second kappa shape index (κ2) is 6.57. The van der Waals surface area contributed by atoms with Gasteiger partial charge in [0.05, 0.1) is 6.61 Å². The van der Waals surface area contributed by atoms with Crippen molar-refractivity contribution in [2.24, 2.45) is 5.92 Å². The van der Waals surface area contributed by atoms with Crippen molar-refractivity contribution in [2.45, 2.75) is 63.0 Å². The summed E-state index contributed by atoms with van der Waals surface area (Å²) >= 11 is 0. The number of likely N-dealkylation sites (tertiary alicyclic amines) is 1. The fourth-order valence-corrected chi connectivity index (χ4v) is 4.72. The fourth-order valence-electron chi connectivity index (χ4n) is 4.72. The first-order valence-corrected chi connectivity index (χ1v) is 9.48. The van der Waals surface area contributed by atoms with Gasteiger partial charge >= 0.3 is 0 Å². The molecule has 2 atom stereocenters. The van der Waals surface area contributed by atoms with E-state index in [1.54, 1.807) is 6.92 Å². The average molecular weight is 328 g/mol. The molecule has 4 heteroatoms. The van der Waals surface area contributed by atoms with E-state index in [9.17, 15) is 4.79 Å². The van der Waals surface area contributed by atoms with Crippen LogP contribution in [0.1, 0.15) is 56.9 Å². The molecular formula is C20H28N2O2. The lowest BCUT2D eigenvalue weighted by atomic mass is 9.83. The molecule has 0 radical (unpaired) electrons. The minimum absolute atomic E-state index is 0.249. The molecule has 3 fully saturated rings. The highest BCUT2D eigenvalue weighted by Gasteiger charge is 2.52. The van der Waals surface area contributed by atoms with E-state index >= 15 is 0 Å². The third kappa shape index (κ3) is 3.02. The van der Waals surface area contributed by atoms with Crippen LogP contribution in [0.5, 0.6) is 0 Å². The molecule has 0 aromatic carbocycles. The van der Waals surface area contributed by atoms with E-state index in [1.807, 2.05) is 18.5 Å². The van der Waals surface area contributed by atoms with Gasteiger partial charge in [0, 0.05) is 18.4 Å². The summed E-state index contributed by atoms with van der Waals surface area (Å²) in [7, 11) is 0. The molecule has 2 aliphatic heterocycles. The Balaban J connectivity index is 1.32. The summed E-state index contributed by atoms with van der Waals surface area (Å²) in [6.45, 7) is 4.71. The van der Waals surface area contributed by atoms with E-state index in [2.05, 4.69) is 16.0 Å². The van der Waals surface area contributed by atoms with Gasteiger partial charge in [-0.3, -0.25) is 14.7 Å². The number of piperidine rings is 1. The van der Waals surface area contributed by atoms with Crippen molar-refractivity contribution in [3.63, 3.8) is 0 Å². The fraction of sp³-hybridized carbons (Fsp3) is 0.700. The number of pyridine rings is 1. The number of hydrogen-bond donors (Lipinski definition) is 0. The molecule has 2 saturated heterocycles. The van der Waals surface area contributed by atoms with Gasteiger partial charge in [0.15, 0.2) is 5.78 Å². The van der Waals surface area contributed by atoms with Crippen LogP contribution < -0.4 is 0 Å². The summed E-state index contributed by atoms with van der Waals surface area (Å²) in [5.74, 6) is 1.38. The zero-order valence-corrected chi connectivity index (χ0v) is 14.6. The third-order valence-electron chi connectivity index (χ3n) is 6.42. The van der Waals surface area contributed by atoms with Crippen molar-refractivity contribution in [3.05, 3.63) is 30.1 Å². The van der Waals surface area contributed by atoms with Crippen LogP contribution in [0.2, 0.25) is 0 Å². The van der Waals surface area contributed by atoms with Crippen LogP contribution in [-0.2, 0) is 9.53 Å². The third-order valence-corrected chi connectivity index (χ3v) is 6.42. The zero-order chi connectivity index (χ0) is 16.6. The second-order valence-electron chi connectivity index (χ2n) is 7.82. The average Bonchev–Trinajstić information content (AvgIpc) is 3.48. The molecule has 1 saturated carbocycles. The lowest BCUT2D eigenvalue weighted by molar-refractivity contribution is -0.160. The molecule has 4 rings (SSSR count). The van der Waals surface area contributed by atoms with Crippen LogP contribution in [0.3, 0.4) is 0 Å². The van der Waals surface area contributed by atoms with Crippen LogP contribution >= 0.6 is 0 Å². The largest absolute Gasteiger partial charge is 0.365 e. The van der Waals surface area contributed by atoms with Crippen LogP contribution in [-0.4, -0.2) is 47.0 Å². The van der Waals surface area contributed by atoms with Crippen LogP contribution in [0.15, 0.2) is 24.5 Å². The number of nitrogens with zero attached hydrogens (tertiary/aromatic N) is 2. The number of carbonyl (C=O) groups excluding carboxylic acids is 1. The highest BCUT2D eigenvalue weighted by molar-refractivity contribution is 5.86. The molecule has 1 aromatic heterocycles. The number of aromatic nitrogens is 1. The minimum Gasteiger partial charge on any atom is -0.365 e. The van der Waals surface area contributed by atoms with Crippen LogP contribution in [0.25, 0.3) is 0 Å². The molecule has 0 N–H and O–H groups in total. The van der Waals surface area contributed by atoms with E-state index in [0.29, 0.717) is 17.9 Å². The predicted octanol–water partition coefficient (Wildman–Crippen LogP) is 3.18. The zero-order valence-electron chi connectivity index (χ0n) is 14.6. The highest BCUT2D eigenvalue weighted by Crippen LogP contribution is 2.47. The monoisotopic (exact) mass is 328 g/mol. The molecule has 0 bridgehead atoms. The Bertz CT molecular complexity index is 569. The summed E-state index contributed by atoms with van der Waals surface area (Å²) in [6, 6.07) is 4.73. The molecule has 1 aromatic rings. The normalized spacial score (nSPS) is 32.6. The number of hydrogen-bond acceptors (Lipinski definition) is 4. The first-order valence-electron chi connectivity index (χ1n) is 9.48. The molecular weight excluding hydrogens is 300 g/mol. The predicted molar refractivity (Wildman–Crippen MR) is 92.9 cm³/mol. The van der Waals surface area contributed by atoms with Crippen molar-refractivity contribution >= 4 is 5.78 Å². The number of ketones is 1. The first kappa shape index (κ1) is 16.2. The summed E-state index contributed by atoms with van der Waals surface area (Å²) in [5, 5.41) is 0. The minimum atomic E-state index is -0.440. The topological polar surface area (TPSA) is 42.4 Å². The van der Waals surface area contributed by atoms with E-state index in [4.69, 9.17) is 4.74 Å². The number of carbonyl (C=O) groups is 1. The van der Waals surface area contributed by atoms with Gasteiger partial charge in [0.2, 0.25) is 0 Å². The second-order valence-corrected chi connectivity index (χ2v) is 7.82. The van der Waals surface area contributed by atoms with Gasteiger partial charge < -0.3 is 4.74 Å². The van der Waals surface area contributed by atoms with E-state index in [0.717, 1.165) is 32.5 Å².